The summed E-state index contributed by atoms with van der Waals surface area (Å²) in [6, 6.07) is 10.5. The van der Waals surface area contributed by atoms with Crippen molar-refractivity contribution in [3.05, 3.63) is 62.5 Å². The maximum atomic E-state index is 12.6. The standard InChI is InChI=1S/C22H26N4O3S/c1-15-18-20(27)23-17(24-21(18)30-19(15)22(28)29-2)14-26-10-6-9-25(11-12-26)13-16-7-4-3-5-8-16/h3-5,7-8H,6,9-14H2,1-2H3,(H,23,24,27). The molecule has 0 radical (unpaired) electrons. The molecule has 1 saturated heterocycles. The molecule has 2 aromatic heterocycles. The van der Waals surface area contributed by atoms with E-state index in [4.69, 9.17) is 4.74 Å². The number of aromatic amines is 1. The first-order valence-corrected chi connectivity index (χ1v) is 11.0. The maximum absolute atomic E-state index is 12.6. The number of benzene rings is 1. The summed E-state index contributed by atoms with van der Waals surface area (Å²) in [6.45, 7) is 7.23. The van der Waals surface area contributed by atoms with Gasteiger partial charge in [-0.2, -0.15) is 0 Å². The van der Waals surface area contributed by atoms with Gasteiger partial charge >= 0.3 is 5.97 Å². The van der Waals surface area contributed by atoms with Gasteiger partial charge in [0.2, 0.25) is 0 Å². The molecule has 0 saturated carbocycles. The average molecular weight is 427 g/mol. The Balaban J connectivity index is 1.46. The molecule has 0 amide bonds. The van der Waals surface area contributed by atoms with Crippen molar-refractivity contribution in [3.8, 4) is 0 Å². The minimum absolute atomic E-state index is 0.195. The van der Waals surface area contributed by atoms with E-state index in [9.17, 15) is 9.59 Å². The van der Waals surface area contributed by atoms with Gasteiger partial charge in [-0.05, 0) is 37.6 Å². The molecular formula is C22H26N4O3S. The highest BCUT2D eigenvalue weighted by Gasteiger charge is 2.21. The molecule has 1 fully saturated rings. The van der Waals surface area contributed by atoms with E-state index in [1.807, 2.05) is 6.07 Å². The van der Waals surface area contributed by atoms with Crippen molar-refractivity contribution in [3.63, 3.8) is 0 Å². The van der Waals surface area contributed by atoms with E-state index < -0.39 is 5.97 Å². The molecule has 0 spiro atoms. The number of aryl methyl sites for hydroxylation is 1. The molecule has 0 atom stereocenters. The van der Waals surface area contributed by atoms with Crippen molar-refractivity contribution < 1.29 is 9.53 Å². The molecule has 1 aliphatic heterocycles. The summed E-state index contributed by atoms with van der Waals surface area (Å²) in [7, 11) is 1.34. The molecule has 1 aromatic carbocycles. The second-order valence-electron chi connectivity index (χ2n) is 7.63. The lowest BCUT2D eigenvalue weighted by molar-refractivity contribution is 0.0605. The first-order valence-electron chi connectivity index (χ1n) is 10.1. The van der Waals surface area contributed by atoms with Gasteiger partial charge in [-0.1, -0.05) is 30.3 Å². The molecule has 3 heterocycles. The number of aromatic nitrogens is 2. The number of nitrogens with zero attached hydrogens (tertiary/aromatic N) is 3. The zero-order valence-corrected chi connectivity index (χ0v) is 18.1. The smallest absolute Gasteiger partial charge is 0.348 e. The molecule has 0 aliphatic carbocycles. The number of nitrogens with one attached hydrogen (secondary N) is 1. The molecular weight excluding hydrogens is 400 g/mol. The highest BCUT2D eigenvalue weighted by atomic mass is 32.1. The number of methoxy groups -OCH3 is 1. The van der Waals surface area contributed by atoms with E-state index in [1.54, 1.807) is 6.92 Å². The quantitative estimate of drug-likeness (QED) is 0.632. The van der Waals surface area contributed by atoms with Gasteiger partial charge in [0.15, 0.2) is 0 Å². The third kappa shape index (κ3) is 4.45. The Morgan fingerprint density at radius 1 is 1.13 bits per heavy atom. The Hall–Kier alpha value is -2.55. The molecule has 8 heteroatoms. The molecule has 158 valence electrons. The van der Waals surface area contributed by atoms with Crippen LogP contribution in [0.25, 0.3) is 10.2 Å². The van der Waals surface area contributed by atoms with Crippen LogP contribution in [-0.4, -0.2) is 59.0 Å². The third-order valence-corrected chi connectivity index (χ3v) is 6.69. The van der Waals surface area contributed by atoms with Crippen molar-refractivity contribution in [2.75, 3.05) is 33.3 Å². The van der Waals surface area contributed by atoms with Gasteiger partial charge in [0.05, 0.1) is 19.0 Å². The second kappa shape index (κ2) is 9.07. The van der Waals surface area contributed by atoms with E-state index in [0.717, 1.165) is 39.1 Å². The fourth-order valence-corrected chi connectivity index (χ4v) is 5.06. The SMILES string of the molecule is COC(=O)c1sc2nc(CN3CCCN(Cc4ccccc4)CC3)[nH]c(=O)c2c1C. The minimum Gasteiger partial charge on any atom is -0.465 e. The van der Waals surface area contributed by atoms with Crippen molar-refractivity contribution in [2.45, 2.75) is 26.4 Å². The number of hydrogen-bond donors (Lipinski definition) is 1. The molecule has 4 rings (SSSR count). The van der Waals surface area contributed by atoms with E-state index in [2.05, 4.69) is 44.0 Å². The van der Waals surface area contributed by atoms with Crippen LogP contribution in [0.15, 0.2) is 35.1 Å². The number of carbonyl (C=O) groups excluding carboxylic acids is 1. The number of fused-ring (bicyclic) bond motifs is 1. The number of rotatable bonds is 5. The maximum Gasteiger partial charge on any atom is 0.348 e. The Morgan fingerprint density at radius 3 is 2.53 bits per heavy atom. The van der Waals surface area contributed by atoms with Crippen molar-refractivity contribution in [1.29, 1.82) is 0 Å². The van der Waals surface area contributed by atoms with Gasteiger partial charge in [0.25, 0.3) is 5.56 Å². The zero-order chi connectivity index (χ0) is 21.1. The lowest BCUT2D eigenvalue weighted by Gasteiger charge is -2.21. The van der Waals surface area contributed by atoms with Crippen LogP contribution in [0.5, 0.6) is 0 Å². The lowest BCUT2D eigenvalue weighted by Crippen LogP contribution is -2.31. The predicted octanol–water partition coefficient (Wildman–Crippen LogP) is 2.79. The van der Waals surface area contributed by atoms with E-state index in [0.29, 0.717) is 33.0 Å². The van der Waals surface area contributed by atoms with Crippen LogP contribution in [0.3, 0.4) is 0 Å². The zero-order valence-electron chi connectivity index (χ0n) is 17.3. The van der Waals surface area contributed by atoms with Crippen LogP contribution < -0.4 is 5.56 Å². The lowest BCUT2D eigenvalue weighted by atomic mass is 10.2. The van der Waals surface area contributed by atoms with E-state index in [1.165, 1.54) is 24.0 Å². The summed E-state index contributed by atoms with van der Waals surface area (Å²) in [4.78, 5) is 38.0. The summed E-state index contributed by atoms with van der Waals surface area (Å²) in [6.07, 6.45) is 1.07. The van der Waals surface area contributed by atoms with Gasteiger partial charge in [-0.15, -0.1) is 11.3 Å². The summed E-state index contributed by atoms with van der Waals surface area (Å²) < 4.78 is 4.82. The van der Waals surface area contributed by atoms with Gasteiger partial charge in [-0.25, -0.2) is 9.78 Å². The average Bonchev–Trinajstić information content (AvgIpc) is 2.92. The highest BCUT2D eigenvalue weighted by molar-refractivity contribution is 7.20. The number of carbonyl (C=O) groups is 1. The summed E-state index contributed by atoms with van der Waals surface area (Å²) in [5, 5.41) is 0.481. The number of thiophene rings is 1. The van der Waals surface area contributed by atoms with E-state index >= 15 is 0 Å². The summed E-state index contributed by atoms with van der Waals surface area (Å²) in [5.41, 5.74) is 1.77. The number of hydrogen-bond acceptors (Lipinski definition) is 7. The molecule has 30 heavy (non-hydrogen) atoms. The molecule has 0 bridgehead atoms. The van der Waals surface area contributed by atoms with E-state index in [-0.39, 0.29) is 5.56 Å². The molecule has 7 nitrogen and oxygen atoms in total. The molecule has 1 N–H and O–H groups in total. The third-order valence-electron chi connectivity index (χ3n) is 5.52. The first-order chi connectivity index (χ1) is 14.5. The van der Waals surface area contributed by atoms with Crippen LogP contribution in [0, 0.1) is 6.92 Å². The number of H-pyrrole nitrogens is 1. The molecule has 0 unspecified atom stereocenters. The Bertz CT molecular complexity index is 1090. The fraction of sp³-hybridized carbons (Fsp3) is 0.409. The topological polar surface area (TPSA) is 78.5 Å². The van der Waals surface area contributed by atoms with Crippen LogP contribution in [0.1, 0.15) is 33.0 Å². The summed E-state index contributed by atoms with van der Waals surface area (Å²) in [5.74, 6) is 0.212. The van der Waals surface area contributed by atoms with Crippen LogP contribution in [0.4, 0.5) is 0 Å². The Morgan fingerprint density at radius 2 is 1.83 bits per heavy atom. The van der Waals surface area contributed by atoms with Crippen LogP contribution in [0.2, 0.25) is 0 Å². The van der Waals surface area contributed by atoms with Gasteiger partial charge in [0.1, 0.15) is 15.5 Å². The first kappa shape index (κ1) is 20.7. The van der Waals surface area contributed by atoms with Crippen molar-refractivity contribution in [1.82, 2.24) is 19.8 Å². The van der Waals surface area contributed by atoms with Gasteiger partial charge < -0.3 is 9.72 Å². The van der Waals surface area contributed by atoms with Crippen LogP contribution in [-0.2, 0) is 17.8 Å². The molecule has 1 aliphatic rings. The van der Waals surface area contributed by atoms with Gasteiger partial charge in [-0.3, -0.25) is 14.6 Å². The van der Waals surface area contributed by atoms with Gasteiger partial charge in [0, 0.05) is 19.6 Å². The minimum atomic E-state index is -0.428. The predicted molar refractivity (Wildman–Crippen MR) is 118 cm³/mol. The fourth-order valence-electron chi connectivity index (χ4n) is 3.94. The largest absolute Gasteiger partial charge is 0.465 e. The number of esters is 1. The van der Waals surface area contributed by atoms with Crippen molar-refractivity contribution in [2.24, 2.45) is 0 Å². The highest BCUT2D eigenvalue weighted by Crippen LogP contribution is 2.27. The summed E-state index contributed by atoms with van der Waals surface area (Å²) >= 11 is 1.22. The number of ether oxygens (including phenoxy) is 1. The van der Waals surface area contributed by atoms with Crippen LogP contribution >= 0.6 is 11.3 Å². The molecule has 3 aromatic rings. The normalized spacial score (nSPS) is 15.9. The Kier molecular flexibility index (Phi) is 6.26. The second-order valence-corrected chi connectivity index (χ2v) is 8.63. The van der Waals surface area contributed by atoms with Crippen molar-refractivity contribution >= 4 is 27.5 Å². The monoisotopic (exact) mass is 426 g/mol. The Labute approximate surface area is 179 Å².